The molecular formula is C20H17BF3N3O3. The van der Waals surface area contributed by atoms with Crippen LogP contribution in [0.25, 0.3) is 5.82 Å². The van der Waals surface area contributed by atoms with Crippen LogP contribution in [0, 0.1) is 0 Å². The largest absolute Gasteiger partial charge is 0.492 e. The first kappa shape index (κ1) is 20.3. The molecule has 0 aliphatic carbocycles. The summed E-state index contributed by atoms with van der Waals surface area (Å²) in [7, 11) is -1.15. The summed E-state index contributed by atoms with van der Waals surface area (Å²) >= 11 is 0. The molecule has 6 nitrogen and oxygen atoms in total. The Morgan fingerprint density at radius 3 is 2.70 bits per heavy atom. The standard InChI is InChI=1S/C20H17BF3N3O3/c1-19(2)14-5-3-12(9-15(14)21(29)30-19)10-16(28)13-4-6-17(27-8-7-25-11-27)26-18(13)20(22,23)24/h3-9,11,29H,10H2,1-2H3. The van der Waals surface area contributed by atoms with Gasteiger partial charge in [-0.25, -0.2) is 9.97 Å². The second-order valence-corrected chi connectivity index (χ2v) is 7.54. The van der Waals surface area contributed by atoms with Crippen molar-refractivity contribution in [2.75, 3.05) is 0 Å². The number of rotatable bonds is 4. The maximum atomic E-state index is 13.6. The highest BCUT2D eigenvalue weighted by Gasteiger charge is 2.41. The lowest BCUT2D eigenvalue weighted by Crippen LogP contribution is -2.29. The van der Waals surface area contributed by atoms with Crippen LogP contribution in [0.3, 0.4) is 0 Å². The van der Waals surface area contributed by atoms with Crippen LogP contribution >= 0.6 is 0 Å². The Labute approximate surface area is 170 Å². The third-order valence-corrected chi connectivity index (χ3v) is 5.02. The molecule has 10 heteroatoms. The summed E-state index contributed by atoms with van der Waals surface area (Å²) in [5.74, 6) is -0.712. The van der Waals surface area contributed by atoms with Crippen LogP contribution in [0.5, 0.6) is 0 Å². The minimum atomic E-state index is -4.80. The molecule has 0 spiro atoms. The number of hydrogen-bond acceptors (Lipinski definition) is 5. The van der Waals surface area contributed by atoms with E-state index in [1.54, 1.807) is 32.0 Å². The van der Waals surface area contributed by atoms with Crippen LogP contribution < -0.4 is 5.46 Å². The van der Waals surface area contributed by atoms with Gasteiger partial charge in [0.15, 0.2) is 11.5 Å². The van der Waals surface area contributed by atoms with Gasteiger partial charge in [0, 0.05) is 24.4 Å². The van der Waals surface area contributed by atoms with Gasteiger partial charge >= 0.3 is 13.3 Å². The van der Waals surface area contributed by atoms with E-state index < -0.39 is 35.9 Å². The van der Waals surface area contributed by atoms with Crippen molar-refractivity contribution in [1.29, 1.82) is 0 Å². The monoisotopic (exact) mass is 415 g/mol. The zero-order valence-electron chi connectivity index (χ0n) is 16.1. The van der Waals surface area contributed by atoms with Crippen molar-refractivity contribution in [1.82, 2.24) is 14.5 Å². The fourth-order valence-corrected chi connectivity index (χ4v) is 3.59. The Morgan fingerprint density at radius 2 is 2.03 bits per heavy atom. The van der Waals surface area contributed by atoms with Gasteiger partial charge < -0.3 is 9.68 Å². The van der Waals surface area contributed by atoms with Crippen LogP contribution in [-0.4, -0.2) is 32.5 Å². The Balaban J connectivity index is 1.66. The first-order valence-corrected chi connectivity index (χ1v) is 9.15. The van der Waals surface area contributed by atoms with E-state index in [-0.39, 0.29) is 12.2 Å². The molecule has 3 heterocycles. The summed E-state index contributed by atoms with van der Waals surface area (Å²) < 4.78 is 47.6. The van der Waals surface area contributed by atoms with Gasteiger partial charge in [0.25, 0.3) is 0 Å². The molecule has 0 radical (unpaired) electrons. The summed E-state index contributed by atoms with van der Waals surface area (Å²) in [6.45, 7) is 3.60. The molecule has 0 bridgehead atoms. The molecule has 3 aromatic rings. The lowest BCUT2D eigenvalue weighted by Gasteiger charge is -2.19. The highest BCUT2D eigenvalue weighted by Crippen LogP contribution is 2.33. The zero-order valence-corrected chi connectivity index (χ0v) is 16.1. The zero-order chi connectivity index (χ0) is 21.7. The van der Waals surface area contributed by atoms with Gasteiger partial charge in [0.1, 0.15) is 12.1 Å². The normalized spacial score (nSPS) is 15.3. The Morgan fingerprint density at radius 1 is 1.27 bits per heavy atom. The van der Waals surface area contributed by atoms with Crippen molar-refractivity contribution in [2.45, 2.75) is 32.0 Å². The van der Waals surface area contributed by atoms with E-state index in [4.69, 9.17) is 4.65 Å². The third-order valence-electron chi connectivity index (χ3n) is 5.02. The van der Waals surface area contributed by atoms with Crippen LogP contribution in [0.4, 0.5) is 13.2 Å². The Kier molecular flexibility index (Phi) is 4.78. The lowest BCUT2D eigenvalue weighted by atomic mass is 9.77. The smallest absolute Gasteiger partial charge is 0.423 e. The van der Waals surface area contributed by atoms with E-state index in [0.29, 0.717) is 11.0 Å². The quantitative estimate of drug-likeness (QED) is 0.524. The number of nitrogens with zero attached hydrogens (tertiary/aromatic N) is 3. The number of alkyl halides is 3. The SMILES string of the molecule is CC1(C)OB(O)c2cc(CC(=O)c3ccc(-n4ccnc4)nc3C(F)(F)F)ccc21. The van der Waals surface area contributed by atoms with Gasteiger partial charge in [-0.2, -0.15) is 13.2 Å². The van der Waals surface area contributed by atoms with E-state index >= 15 is 0 Å². The number of Topliss-reactive ketones (excluding diaryl/α,β-unsaturated/α-hetero) is 1. The molecule has 0 unspecified atom stereocenters. The van der Waals surface area contributed by atoms with Crippen molar-refractivity contribution < 1.29 is 27.6 Å². The van der Waals surface area contributed by atoms with Crippen molar-refractivity contribution in [3.63, 3.8) is 0 Å². The Bertz CT molecular complexity index is 1110. The van der Waals surface area contributed by atoms with Crippen LogP contribution in [0.2, 0.25) is 0 Å². The van der Waals surface area contributed by atoms with Crippen molar-refractivity contribution in [2.24, 2.45) is 0 Å². The number of ketones is 1. The number of fused-ring (bicyclic) bond motifs is 1. The average molecular weight is 415 g/mol. The molecule has 154 valence electrons. The predicted molar refractivity (Wildman–Crippen MR) is 103 cm³/mol. The maximum absolute atomic E-state index is 13.6. The second-order valence-electron chi connectivity index (χ2n) is 7.54. The third kappa shape index (κ3) is 3.64. The van der Waals surface area contributed by atoms with Crippen molar-refractivity contribution >= 4 is 18.4 Å². The van der Waals surface area contributed by atoms with Crippen molar-refractivity contribution in [3.05, 3.63) is 71.4 Å². The summed E-state index contributed by atoms with van der Waals surface area (Å²) in [6, 6.07) is 7.43. The fourth-order valence-electron chi connectivity index (χ4n) is 3.59. The van der Waals surface area contributed by atoms with Crippen molar-refractivity contribution in [3.8, 4) is 5.82 Å². The minimum Gasteiger partial charge on any atom is -0.423 e. The summed E-state index contributed by atoms with van der Waals surface area (Å²) in [4.78, 5) is 20.2. The van der Waals surface area contributed by atoms with Crippen LogP contribution in [-0.2, 0) is 22.9 Å². The molecule has 30 heavy (non-hydrogen) atoms. The molecule has 1 N–H and O–H groups in total. The molecule has 2 aromatic heterocycles. The number of halogens is 3. The highest BCUT2D eigenvalue weighted by atomic mass is 19.4. The fraction of sp³-hybridized carbons (Fsp3) is 0.250. The van der Waals surface area contributed by atoms with Crippen LogP contribution in [0.15, 0.2) is 49.1 Å². The average Bonchev–Trinajstić information content (AvgIpc) is 3.27. The number of pyridine rings is 1. The van der Waals surface area contributed by atoms with Gasteiger partial charge in [-0.05, 0) is 42.6 Å². The topological polar surface area (TPSA) is 77.2 Å². The van der Waals surface area contributed by atoms with Gasteiger partial charge in [-0.15, -0.1) is 0 Å². The molecule has 0 atom stereocenters. The summed E-state index contributed by atoms with van der Waals surface area (Å²) in [5, 5.41) is 10.1. The van der Waals surface area contributed by atoms with Gasteiger partial charge in [-0.1, -0.05) is 18.2 Å². The van der Waals surface area contributed by atoms with Gasteiger partial charge in [0.05, 0.1) is 5.60 Å². The highest BCUT2D eigenvalue weighted by molar-refractivity contribution is 6.62. The molecule has 0 amide bonds. The minimum absolute atomic E-state index is 0.0106. The second kappa shape index (κ2) is 7.07. The number of carbonyl (C=O) groups is 1. The summed E-state index contributed by atoms with van der Waals surface area (Å²) in [6.07, 6.45) is -0.864. The number of hydrogen-bond donors (Lipinski definition) is 1. The molecule has 1 aliphatic rings. The van der Waals surface area contributed by atoms with E-state index in [2.05, 4.69) is 9.97 Å². The number of aromatic nitrogens is 3. The van der Waals surface area contributed by atoms with Gasteiger partial charge in [0.2, 0.25) is 0 Å². The molecule has 1 aromatic carbocycles. The first-order valence-electron chi connectivity index (χ1n) is 9.15. The first-order chi connectivity index (χ1) is 14.1. The number of benzene rings is 1. The molecule has 0 saturated heterocycles. The molecule has 1 aliphatic heterocycles. The van der Waals surface area contributed by atoms with E-state index in [1.165, 1.54) is 29.4 Å². The number of carbonyl (C=O) groups excluding carboxylic acids is 1. The number of imidazole rings is 1. The van der Waals surface area contributed by atoms with E-state index in [9.17, 15) is 23.0 Å². The molecular weight excluding hydrogens is 398 g/mol. The van der Waals surface area contributed by atoms with Crippen LogP contribution in [0.1, 0.15) is 41.0 Å². The predicted octanol–water partition coefficient (Wildman–Crippen LogP) is 2.66. The van der Waals surface area contributed by atoms with Gasteiger partial charge in [-0.3, -0.25) is 9.36 Å². The molecule has 0 saturated carbocycles. The van der Waals surface area contributed by atoms with E-state index in [0.717, 1.165) is 11.6 Å². The Hall–Kier alpha value is -2.98. The summed E-state index contributed by atoms with van der Waals surface area (Å²) in [5.41, 5.74) is -0.684. The maximum Gasteiger partial charge on any atom is 0.492 e. The van der Waals surface area contributed by atoms with E-state index in [1.807, 2.05) is 0 Å². The molecule has 0 fully saturated rings. The molecule has 4 rings (SSSR count). The lowest BCUT2D eigenvalue weighted by molar-refractivity contribution is -0.141.